The van der Waals surface area contributed by atoms with Crippen LogP contribution >= 0.6 is 23.2 Å². The van der Waals surface area contributed by atoms with Crippen LogP contribution in [0.3, 0.4) is 0 Å². The molecule has 3 aromatic rings. The second-order valence-corrected chi connectivity index (χ2v) is 7.88. The number of carbonyl (C=O) groups excluding carboxylic acids is 1. The number of anilines is 4. The van der Waals surface area contributed by atoms with Gasteiger partial charge in [-0.2, -0.15) is 0 Å². The number of aromatic nitrogens is 2. The normalized spacial score (nSPS) is 13.7. The van der Waals surface area contributed by atoms with Gasteiger partial charge >= 0.3 is 0 Å². The molecule has 0 saturated carbocycles. The van der Waals surface area contributed by atoms with Gasteiger partial charge in [-0.15, -0.1) is 0 Å². The Bertz CT molecular complexity index is 1090. The Morgan fingerprint density at radius 1 is 0.935 bits per heavy atom. The van der Waals surface area contributed by atoms with Crippen LogP contribution in [-0.2, 0) is 0 Å². The summed E-state index contributed by atoms with van der Waals surface area (Å²) in [6.45, 7) is 3.08. The lowest BCUT2D eigenvalue weighted by Crippen LogP contribution is -2.47. The summed E-state index contributed by atoms with van der Waals surface area (Å²) in [5.74, 6) is 0.607. The van der Waals surface area contributed by atoms with Gasteiger partial charge in [-0.05, 0) is 36.4 Å². The molecular weight excluding hydrogens is 437 g/mol. The molecule has 0 radical (unpaired) electrons. The van der Waals surface area contributed by atoms with E-state index in [2.05, 4.69) is 30.6 Å². The fourth-order valence-electron chi connectivity index (χ4n) is 3.41. The highest BCUT2D eigenvalue weighted by Gasteiger charge is 2.22. The summed E-state index contributed by atoms with van der Waals surface area (Å²) in [4.78, 5) is 25.2. The molecule has 1 aromatic heterocycles. The van der Waals surface area contributed by atoms with Crippen molar-refractivity contribution in [1.29, 1.82) is 0 Å². The number of hydrogen-bond acceptors (Lipinski definition) is 7. The van der Waals surface area contributed by atoms with Crippen molar-refractivity contribution >= 4 is 52.1 Å². The summed E-state index contributed by atoms with van der Waals surface area (Å²) in [5.41, 5.74) is 13.5. The average Bonchev–Trinajstić information content (AvgIpc) is 2.78. The van der Waals surface area contributed by atoms with E-state index in [1.54, 1.807) is 24.3 Å². The number of amides is 1. The minimum Gasteiger partial charge on any atom is -0.393 e. The van der Waals surface area contributed by atoms with E-state index in [9.17, 15) is 4.79 Å². The van der Waals surface area contributed by atoms with E-state index in [1.807, 2.05) is 24.3 Å². The van der Waals surface area contributed by atoms with Gasteiger partial charge in [-0.3, -0.25) is 15.6 Å². The monoisotopic (exact) mass is 457 g/mol. The van der Waals surface area contributed by atoms with Crippen molar-refractivity contribution in [2.24, 2.45) is 0 Å². The highest BCUT2D eigenvalue weighted by atomic mass is 35.5. The highest BCUT2D eigenvalue weighted by molar-refractivity contribution is 6.31. The van der Waals surface area contributed by atoms with E-state index in [4.69, 9.17) is 28.9 Å². The van der Waals surface area contributed by atoms with Crippen molar-refractivity contribution in [3.05, 3.63) is 70.5 Å². The average molecular weight is 458 g/mol. The van der Waals surface area contributed by atoms with E-state index in [0.29, 0.717) is 27.9 Å². The number of rotatable bonds is 5. The van der Waals surface area contributed by atoms with Crippen LogP contribution in [0.2, 0.25) is 10.0 Å². The number of carbonyl (C=O) groups is 1. The lowest BCUT2D eigenvalue weighted by Gasteiger charge is -2.37. The topological polar surface area (TPSA) is 99.4 Å². The largest absolute Gasteiger partial charge is 0.393 e. The summed E-state index contributed by atoms with van der Waals surface area (Å²) in [5, 5.41) is 1.20. The number of nitrogens with one attached hydrogen (secondary N) is 2. The van der Waals surface area contributed by atoms with Crippen LogP contribution in [0.4, 0.5) is 23.0 Å². The number of nitrogens with zero attached hydrogens (tertiary/aromatic N) is 4. The molecule has 4 rings (SSSR count). The van der Waals surface area contributed by atoms with Gasteiger partial charge in [-0.1, -0.05) is 35.3 Å². The molecule has 1 aliphatic heterocycles. The molecule has 31 heavy (non-hydrogen) atoms. The molecule has 160 valence electrons. The molecule has 0 spiro atoms. The SMILES string of the molecule is Nc1c(NNC(=O)c2cccc(Cl)c2)ncnc1N1CCN(c2cccc(Cl)c2)CC1. The molecule has 1 saturated heterocycles. The van der Waals surface area contributed by atoms with Gasteiger partial charge in [0.1, 0.15) is 12.0 Å². The Balaban J connectivity index is 1.40. The third kappa shape index (κ3) is 4.92. The first kappa shape index (κ1) is 21.0. The van der Waals surface area contributed by atoms with Crippen molar-refractivity contribution in [3.8, 4) is 0 Å². The van der Waals surface area contributed by atoms with Gasteiger partial charge in [0.2, 0.25) is 0 Å². The van der Waals surface area contributed by atoms with Crippen molar-refractivity contribution in [1.82, 2.24) is 15.4 Å². The minimum absolute atomic E-state index is 0.331. The molecule has 1 amide bonds. The van der Waals surface area contributed by atoms with Crippen molar-refractivity contribution in [3.63, 3.8) is 0 Å². The van der Waals surface area contributed by atoms with Crippen LogP contribution in [-0.4, -0.2) is 42.1 Å². The number of hydrazine groups is 1. The molecule has 2 heterocycles. The molecule has 2 aromatic carbocycles. The molecule has 1 aliphatic rings. The standard InChI is InChI=1S/C21H21Cl2N7O/c22-15-4-1-3-14(11-15)21(31)28-27-19-18(24)20(26-13-25-19)30-9-7-29(8-10-30)17-6-2-5-16(23)12-17/h1-6,11-13H,7-10,24H2,(H,28,31)(H,25,26,27). The Morgan fingerprint density at radius 3 is 2.32 bits per heavy atom. The zero-order valence-electron chi connectivity index (χ0n) is 16.6. The fraction of sp³-hybridized carbons (Fsp3) is 0.190. The lowest BCUT2D eigenvalue weighted by molar-refractivity contribution is 0.0962. The van der Waals surface area contributed by atoms with Crippen molar-refractivity contribution in [2.75, 3.05) is 47.1 Å². The number of nitrogens with two attached hydrogens (primary N) is 1. The van der Waals surface area contributed by atoms with Crippen LogP contribution in [0.5, 0.6) is 0 Å². The third-order valence-electron chi connectivity index (χ3n) is 5.00. The number of hydrogen-bond donors (Lipinski definition) is 3. The van der Waals surface area contributed by atoms with E-state index < -0.39 is 0 Å². The smallest absolute Gasteiger partial charge is 0.269 e. The van der Waals surface area contributed by atoms with Crippen LogP contribution in [0.25, 0.3) is 0 Å². The van der Waals surface area contributed by atoms with Gasteiger partial charge in [-0.25, -0.2) is 9.97 Å². The number of piperazine rings is 1. The van der Waals surface area contributed by atoms with Crippen LogP contribution < -0.4 is 26.4 Å². The van der Waals surface area contributed by atoms with Crippen molar-refractivity contribution in [2.45, 2.75) is 0 Å². The Kier molecular flexibility index (Phi) is 6.29. The van der Waals surface area contributed by atoms with Crippen LogP contribution in [0.1, 0.15) is 10.4 Å². The zero-order valence-corrected chi connectivity index (χ0v) is 18.1. The predicted octanol–water partition coefficient (Wildman–Crippen LogP) is 3.45. The number of nitrogen functional groups attached to an aromatic ring is 1. The quantitative estimate of drug-likeness (QED) is 0.504. The summed E-state index contributed by atoms with van der Waals surface area (Å²) < 4.78 is 0. The Labute approximate surface area is 190 Å². The van der Waals surface area contributed by atoms with Crippen molar-refractivity contribution < 1.29 is 4.79 Å². The first-order valence-corrected chi connectivity index (χ1v) is 10.4. The van der Waals surface area contributed by atoms with E-state index >= 15 is 0 Å². The molecule has 0 aliphatic carbocycles. The molecule has 0 bridgehead atoms. The maximum atomic E-state index is 12.3. The van der Waals surface area contributed by atoms with Crippen LogP contribution in [0.15, 0.2) is 54.9 Å². The van der Waals surface area contributed by atoms with E-state index in [-0.39, 0.29) is 5.91 Å². The second kappa shape index (κ2) is 9.28. The van der Waals surface area contributed by atoms with E-state index in [0.717, 1.165) is 36.9 Å². The number of benzene rings is 2. The molecule has 0 unspecified atom stereocenters. The molecule has 8 nitrogen and oxygen atoms in total. The molecule has 10 heteroatoms. The van der Waals surface area contributed by atoms with Gasteiger partial charge in [0.05, 0.1) is 0 Å². The predicted molar refractivity (Wildman–Crippen MR) is 125 cm³/mol. The fourth-order valence-corrected chi connectivity index (χ4v) is 3.78. The first-order chi connectivity index (χ1) is 15.0. The van der Waals surface area contributed by atoms with Gasteiger partial charge in [0.25, 0.3) is 5.91 Å². The molecule has 0 atom stereocenters. The molecular formula is C21H21Cl2N7O. The van der Waals surface area contributed by atoms with E-state index in [1.165, 1.54) is 6.33 Å². The molecule has 1 fully saturated rings. The summed E-state index contributed by atoms with van der Waals surface area (Å²) in [7, 11) is 0. The summed E-state index contributed by atoms with van der Waals surface area (Å²) >= 11 is 12.1. The number of halogens is 2. The summed E-state index contributed by atoms with van der Waals surface area (Å²) in [6, 6.07) is 14.5. The lowest BCUT2D eigenvalue weighted by atomic mass is 10.2. The Morgan fingerprint density at radius 2 is 1.61 bits per heavy atom. The zero-order chi connectivity index (χ0) is 21.8. The maximum Gasteiger partial charge on any atom is 0.269 e. The van der Waals surface area contributed by atoms with Gasteiger partial charge in [0.15, 0.2) is 11.6 Å². The Hall–Kier alpha value is -3.23. The third-order valence-corrected chi connectivity index (χ3v) is 5.47. The highest BCUT2D eigenvalue weighted by Crippen LogP contribution is 2.28. The van der Waals surface area contributed by atoms with Gasteiger partial charge < -0.3 is 15.5 Å². The molecule has 4 N–H and O–H groups in total. The van der Waals surface area contributed by atoms with Gasteiger partial charge in [0, 0.05) is 47.5 Å². The second-order valence-electron chi connectivity index (χ2n) is 7.00. The summed E-state index contributed by atoms with van der Waals surface area (Å²) in [6.07, 6.45) is 1.42. The maximum absolute atomic E-state index is 12.3. The minimum atomic E-state index is -0.350. The van der Waals surface area contributed by atoms with Crippen LogP contribution in [0, 0.1) is 0 Å². The first-order valence-electron chi connectivity index (χ1n) is 9.69.